The lowest BCUT2D eigenvalue weighted by Crippen LogP contribution is -2.21. The van der Waals surface area contributed by atoms with Crippen LogP contribution in [0.25, 0.3) is 0 Å². The number of benzene rings is 1. The fraction of sp³-hybridized carbons (Fsp3) is 0. The topological polar surface area (TPSA) is 60.2 Å². The zero-order chi connectivity index (χ0) is 9.19. The van der Waals surface area contributed by atoms with E-state index in [0.717, 1.165) is 0 Å². The van der Waals surface area contributed by atoms with E-state index in [2.05, 4.69) is 12.2 Å². The van der Waals surface area contributed by atoms with Crippen molar-refractivity contribution in [2.24, 2.45) is 5.73 Å². The minimum Gasteiger partial charge on any atom is -0.380 e. The Bertz CT molecular complexity index is 383. The number of rotatable bonds is 1. The van der Waals surface area contributed by atoms with Gasteiger partial charge in [0.1, 0.15) is 0 Å². The van der Waals surface area contributed by atoms with Crippen LogP contribution in [0.4, 0.5) is 0 Å². The summed E-state index contributed by atoms with van der Waals surface area (Å²) < 4.78 is 22.0. The Labute approximate surface area is 76.1 Å². The number of nitrogens with two attached hydrogens (primary N) is 1. The van der Waals surface area contributed by atoms with Gasteiger partial charge < -0.3 is 5.73 Å². The van der Waals surface area contributed by atoms with Gasteiger partial charge in [0, 0.05) is 0 Å². The van der Waals surface area contributed by atoms with Gasteiger partial charge in [0.05, 0.1) is 4.90 Å². The molecular formula is C7H7NO2S2. The molecule has 5 heteroatoms. The molecule has 0 aliphatic carbocycles. The van der Waals surface area contributed by atoms with Crippen LogP contribution in [0.2, 0.25) is 0 Å². The van der Waals surface area contributed by atoms with Crippen molar-refractivity contribution < 1.29 is 8.42 Å². The summed E-state index contributed by atoms with van der Waals surface area (Å²) in [7, 11) is -3.57. The van der Waals surface area contributed by atoms with Crippen LogP contribution in [-0.4, -0.2) is 12.7 Å². The van der Waals surface area contributed by atoms with Gasteiger partial charge in [-0.1, -0.05) is 18.2 Å². The summed E-state index contributed by atoms with van der Waals surface area (Å²) in [5.41, 5.74) is 5.05. The van der Waals surface area contributed by atoms with Crippen molar-refractivity contribution >= 4 is 26.4 Å². The smallest absolute Gasteiger partial charge is 0.231 e. The molecule has 1 rings (SSSR count). The van der Waals surface area contributed by atoms with E-state index < -0.39 is 14.2 Å². The zero-order valence-electron chi connectivity index (χ0n) is 6.10. The average molecular weight is 201 g/mol. The summed E-state index contributed by atoms with van der Waals surface area (Å²) in [6.45, 7) is 0. The van der Waals surface area contributed by atoms with E-state index in [-0.39, 0.29) is 4.90 Å². The molecule has 0 saturated heterocycles. The molecule has 0 amide bonds. The van der Waals surface area contributed by atoms with Crippen LogP contribution in [0.15, 0.2) is 35.2 Å². The molecule has 1 aromatic rings. The lowest BCUT2D eigenvalue weighted by atomic mass is 10.4. The van der Waals surface area contributed by atoms with E-state index in [1.54, 1.807) is 18.2 Å². The van der Waals surface area contributed by atoms with Crippen molar-refractivity contribution in [1.82, 2.24) is 0 Å². The Kier molecular flexibility index (Phi) is 2.44. The van der Waals surface area contributed by atoms with Crippen molar-refractivity contribution in [2.45, 2.75) is 4.90 Å². The van der Waals surface area contributed by atoms with Crippen molar-refractivity contribution in [3.63, 3.8) is 0 Å². The predicted octanol–water partition coefficient (Wildman–Crippen LogP) is 0.704. The standard InChI is InChI=1S/C7H7NO2S2/c8-7(11)12(9,10)6-4-2-1-3-5-6/h1-5H,(H2,8,11). The fourth-order valence-corrected chi connectivity index (χ4v) is 1.75. The molecule has 0 unspecified atom stereocenters. The van der Waals surface area contributed by atoms with Crippen LogP contribution in [0.3, 0.4) is 0 Å². The van der Waals surface area contributed by atoms with Crippen LogP contribution < -0.4 is 5.73 Å². The maximum absolute atomic E-state index is 11.3. The molecule has 12 heavy (non-hydrogen) atoms. The molecule has 0 aliphatic heterocycles. The zero-order valence-corrected chi connectivity index (χ0v) is 7.73. The second-order valence-corrected chi connectivity index (χ2v) is 4.75. The lowest BCUT2D eigenvalue weighted by Gasteiger charge is -1.99. The summed E-state index contributed by atoms with van der Waals surface area (Å²) in [5, 5.41) is 0. The third kappa shape index (κ3) is 1.62. The van der Waals surface area contributed by atoms with Gasteiger partial charge in [0.25, 0.3) is 0 Å². The fourth-order valence-electron chi connectivity index (χ4n) is 0.716. The minimum absolute atomic E-state index is 0.137. The maximum atomic E-state index is 11.3. The van der Waals surface area contributed by atoms with E-state index in [0.29, 0.717) is 0 Å². The number of hydrogen-bond donors (Lipinski definition) is 1. The van der Waals surface area contributed by atoms with Crippen molar-refractivity contribution in [3.05, 3.63) is 30.3 Å². The predicted molar refractivity (Wildman–Crippen MR) is 50.4 cm³/mol. The van der Waals surface area contributed by atoms with Crippen LogP contribution >= 0.6 is 12.2 Å². The SMILES string of the molecule is NC(=S)S(=O)(=O)c1ccccc1. The number of thiocarbonyl (C=S) groups is 1. The van der Waals surface area contributed by atoms with Crippen LogP contribution in [0.5, 0.6) is 0 Å². The first-order valence-corrected chi connectivity index (χ1v) is 5.04. The van der Waals surface area contributed by atoms with Crippen LogP contribution in [0.1, 0.15) is 0 Å². The van der Waals surface area contributed by atoms with E-state index >= 15 is 0 Å². The van der Waals surface area contributed by atoms with E-state index in [9.17, 15) is 8.42 Å². The van der Waals surface area contributed by atoms with Crippen LogP contribution in [0, 0.1) is 0 Å². The summed E-state index contributed by atoms with van der Waals surface area (Å²) >= 11 is 4.40. The highest BCUT2D eigenvalue weighted by Crippen LogP contribution is 2.09. The van der Waals surface area contributed by atoms with Crippen molar-refractivity contribution in [1.29, 1.82) is 0 Å². The Morgan fingerprint density at radius 1 is 1.25 bits per heavy atom. The van der Waals surface area contributed by atoms with Crippen molar-refractivity contribution in [3.8, 4) is 0 Å². The molecule has 1 aromatic carbocycles. The highest BCUT2D eigenvalue weighted by atomic mass is 32.2. The Morgan fingerprint density at radius 3 is 2.17 bits per heavy atom. The second-order valence-electron chi connectivity index (χ2n) is 2.14. The van der Waals surface area contributed by atoms with Gasteiger partial charge in [-0.2, -0.15) is 0 Å². The molecular weight excluding hydrogens is 194 g/mol. The molecule has 0 heterocycles. The van der Waals surface area contributed by atoms with Crippen molar-refractivity contribution in [2.75, 3.05) is 0 Å². The lowest BCUT2D eigenvalue weighted by molar-refractivity contribution is 0.607. The molecule has 3 nitrogen and oxygen atoms in total. The first kappa shape index (κ1) is 9.15. The number of hydrogen-bond acceptors (Lipinski definition) is 3. The molecule has 0 bridgehead atoms. The molecule has 2 N–H and O–H groups in total. The molecule has 0 atom stereocenters. The molecule has 0 radical (unpaired) electrons. The van der Waals surface area contributed by atoms with Gasteiger partial charge in [0.2, 0.25) is 9.84 Å². The molecule has 0 aliphatic rings. The highest BCUT2D eigenvalue weighted by Gasteiger charge is 2.16. The third-order valence-corrected chi connectivity index (χ3v) is 3.40. The first-order chi connectivity index (χ1) is 5.55. The van der Waals surface area contributed by atoms with E-state index in [4.69, 9.17) is 5.73 Å². The molecule has 0 spiro atoms. The molecule has 0 aromatic heterocycles. The van der Waals surface area contributed by atoms with Gasteiger partial charge in [-0.05, 0) is 24.4 Å². The maximum Gasteiger partial charge on any atom is 0.231 e. The minimum atomic E-state index is -3.57. The highest BCUT2D eigenvalue weighted by molar-refractivity contribution is 8.17. The Hall–Kier alpha value is -0.940. The molecule has 64 valence electrons. The van der Waals surface area contributed by atoms with Gasteiger partial charge in [-0.3, -0.25) is 0 Å². The quantitative estimate of drug-likeness (QED) is 0.680. The van der Waals surface area contributed by atoms with E-state index in [1.807, 2.05) is 0 Å². The Morgan fingerprint density at radius 2 is 1.75 bits per heavy atom. The third-order valence-electron chi connectivity index (χ3n) is 1.32. The van der Waals surface area contributed by atoms with Gasteiger partial charge >= 0.3 is 0 Å². The molecule has 0 saturated carbocycles. The average Bonchev–Trinajstić information content (AvgIpc) is 2.06. The molecule has 0 fully saturated rings. The van der Waals surface area contributed by atoms with Gasteiger partial charge in [-0.15, -0.1) is 0 Å². The summed E-state index contributed by atoms with van der Waals surface area (Å²) in [4.78, 5) is 0.137. The largest absolute Gasteiger partial charge is 0.380 e. The van der Waals surface area contributed by atoms with Gasteiger partial charge in [-0.25, -0.2) is 8.42 Å². The first-order valence-electron chi connectivity index (χ1n) is 3.15. The number of sulfone groups is 1. The van der Waals surface area contributed by atoms with Gasteiger partial charge in [0.15, 0.2) is 4.32 Å². The van der Waals surface area contributed by atoms with Crippen LogP contribution in [-0.2, 0) is 9.84 Å². The Balaban J connectivity index is 3.26. The normalized spacial score (nSPS) is 11.0. The monoisotopic (exact) mass is 201 g/mol. The summed E-state index contributed by atoms with van der Waals surface area (Å²) in [5.74, 6) is 0. The van der Waals surface area contributed by atoms with E-state index in [1.165, 1.54) is 12.1 Å². The summed E-state index contributed by atoms with van der Waals surface area (Å²) in [6.07, 6.45) is 0. The summed E-state index contributed by atoms with van der Waals surface area (Å²) in [6, 6.07) is 7.86. The second kappa shape index (κ2) is 3.20.